The SMILES string of the molecule is CCC(=O)NCc1nc2ccccc2n1Cc1c(F)cccc1Cl. The van der Waals surface area contributed by atoms with E-state index >= 15 is 0 Å². The first kappa shape index (κ1) is 16.5. The topological polar surface area (TPSA) is 46.9 Å². The molecule has 0 saturated heterocycles. The van der Waals surface area contributed by atoms with E-state index in [0.29, 0.717) is 22.8 Å². The van der Waals surface area contributed by atoms with E-state index in [9.17, 15) is 9.18 Å². The maximum Gasteiger partial charge on any atom is 0.220 e. The second-order valence-electron chi connectivity index (χ2n) is 5.43. The minimum atomic E-state index is -0.358. The Labute approximate surface area is 144 Å². The first-order chi connectivity index (χ1) is 11.6. The van der Waals surface area contributed by atoms with Crippen LogP contribution < -0.4 is 5.32 Å². The number of hydrogen-bond acceptors (Lipinski definition) is 2. The fraction of sp³-hybridized carbons (Fsp3) is 0.222. The third-order valence-corrected chi connectivity index (χ3v) is 4.23. The quantitative estimate of drug-likeness (QED) is 0.762. The maximum atomic E-state index is 14.2. The summed E-state index contributed by atoms with van der Waals surface area (Å²) in [6.45, 7) is 2.33. The minimum Gasteiger partial charge on any atom is -0.349 e. The van der Waals surface area contributed by atoms with Gasteiger partial charge in [0.15, 0.2) is 0 Å². The third kappa shape index (κ3) is 3.26. The molecule has 24 heavy (non-hydrogen) atoms. The highest BCUT2D eigenvalue weighted by Crippen LogP contribution is 2.24. The van der Waals surface area contributed by atoms with Crippen LogP contribution in [0, 0.1) is 5.82 Å². The molecule has 0 aliphatic carbocycles. The van der Waals surface area contributed by atoms with Gasteiger partial charge in [-0.3, -0.25) is 4.79 Å². The van der Waals surface area contributed by atoms with Gasteiger partial charge in [0.05, 0.1) is 24.1 Å². The zero-order valence-electron chi connectivity index (χ0n) is 13.2. The predicted molar refractivity (Wildman–Crippen MR) is 92.4 cm³/mol. The van der Waals surface area contributed by atoms with Crippen molar-refractivity contribution in [1.82, 2.24) is 14.9 Å². The number of nitrogens with zero attached hydrogens (tertiary/aromatic N) is 2. The molecule has 1 amide bonds. The summed E-state index contributed by atoms with van der Waals surface area (Å²) in [6, 6.07) is 12.2. The Morgan fingerprint density at radius 1 is 1.25 bits per heavy atom. The van der Waals surface area contributed by atoms with Gasteiger partial charge in [-0.1, -0.05) is 36.7 Å². The molecule has 1 heterocycles. The van der Waals surface area contributed by atoms with Crippen molar-refractivity contribution in [3.8, 4) is 0 Å². The van der Waals surface area contributed by atoms with Crippen molar-refractivity contribution >= 4 is 28.5 Å². The second kappa shape index (κ2) is 7.01. The van der Waals surface area contributed by atoms with Gasteiger partial charge < -0.3 is 9.88 Å². The Morgan fingerprint density at radius 2 is 2.04 bits per heavy atom. The van der Waals surface area contributed by atoms with E-state index in [1.165, 1.54) is 6.07 Å². The number of hydrogen-bond donors (Lipinski definition) is 1. The number of halogens is 2. The molecule has 0 fully saturated rings. The van der Waals surface area contributed by atoms with Gasteiger partial charge in [0.25, 0.3) is 0 Å². The van der Waals surface area contributed by atoms with Crippen molar-refractivity contribution < 1.29 is 9.18 Å². The van der Waals surface area contributed by atoms with Gasteiger partial charge in [0, 0.05) is 17.0 Å². The lowest BCUT2D eigenvalue weighted by atomic mass is 10.2. The molecule has 2 aromatic carbocycles. The number of amides is 1. The van der Waals surface area contributed by atoms with Crippen molar-refractivity contribution in [2.75, 3.05) is 0 Å². The van der Waals surface area contributed by atoms with Crippen molar-refractivity contribution in [2.45, 2.75) is 26.4 Å². The summed E-state index contributed by atoms with van der Waals surface area (Å²) >= 11 is 6.16. The maximum absolute atomic E-state index is 14.2. The molecule has 3 rings (SSSR count). The van der Waals surface area contributed by atoms with Crippen molar-refractivity contribution in [2.24, 2.45) is 0 Å². The molecule has 0 atom stereocenters. The van der Waals surface area contributed by atoms with E-state index < -0.39 is 0 Å². The Balaban J connectivity index is 2.02. The van der Waals surface area contributed by atoms with Crippen LogP contribution in [-0.2, 0) is 17.9 Å². The van der Waals surface area contributed by atoms with Gasteiger partial charge >= 0.3 is 0 Å². The summed E-state index contributed by atoms with van der Waals surface area (Å²) in [7, 11) is 0. The lowest BCUT2D eigenvalue weighted by molar-refractivity contribution is -0.120. The van der Waals surface area contributed by atoms with Crippen molar-refractivity contribution in [1.29, 1.82) is 0 Å². The smallest absolute Gasteiger partial charge is 0.220 e. The van der Waals surface area contributed by atoms with Gasteiger partial charge in [0.2, 0.25) is 5.91 Å². The molecule has 1 N–H and O–H groups in total. The summed E-state index contributed by atoms with van der Waals surface area (Å²) in [5, 5.41) is 3.19. The second-order valence-corrected chi connectivity index (χ2v) is 5.84. The van der Waals surface area contributed by atoms with Gasteiger partial charge in [-0.25, -0.2) is 9.37 Å². The van der Waals surface area contributed by atoms with Gasteiger partial charge in [-0.2, -0.15) is 0 Å². The lowest BCUT2D eigenvalue weighted by Crippen LogP contribution is -2.24. The van der Waals surface area contributed by atoms with Crippen LogP contribution in [0.3, 0.4) is 0 Å². The van der Waals surface area contributed by atoms with Gasteiger partial charge in [0.1, 0.15) is 11.6 Å². The van der Waals surface area contributed by atoms with E-state index in [-0.39, 0.29) is 24.8 Å². The van der Waals surface area contributed by atoms with Crippen LogP contribution in [0.4, 0.5) is 4.39 Å². The van der Waals surface area contributed by atoms with Crippen LogP contribution in [0.2, 0.25) is 5.02 Å². The van der Waals surface area contributed by atoms with E-state index in [1.54, 1.807) is 19.1 Å². The lowest BCUT2D eigenvalue weighted by Gasteiger charge is -2.12. The number of carbonyl (C=O) groups excluding carboxylic acids is 1. The number of rotatable bonds is 5. The fourth-order valence-electron chi connectivity index (χ4n) is 2.58. The molecule has 0 aliphatic heterocycles. The highest BCUT2D eigenvalue weighted by molar-refractivity contribution is 6.31. The number of para-hydroxylation sites is 2. The molecule has 0 saturated carbocycles. The first-order valence-electron chi connectivity index (χ1n) is 7.74. The summed E-state index contributed by atoms with van der Waals surface area (Å²) < 4.78 is 16.0. The number of nitrogens with one attached hydrogen (secondary N) is 1. The van der Waals surface area contributed by atoms with Crippen LogP contribution in [0.1, 0.15) is 24.7 Å². The average molecular weight is 346 g/mol. The monoisotopic (exact) mass is 345 g/mol. The number of carbonyl (C=O) groups is 1. The molecule has 6 heteroatoms. The minimum absolute atomic E-state index is 0.0578. The molecule has 4 nitrogen and oxygen atoms in total. The zero-order valence-corrected chi connectivity index (χ0v) is 14.0. The summed E-state index contributed by atoms with van der Waals surface area (Å²) in [6.07, 6.45) is 0.402. The number of imidazole rings is 1. The van der Waals surface area contributed by atoms with Crippen molar-refractivity contribution in [3.63, 3.8) is 0 Å². The van der Waals surface area contributed by atoms with Gasteiger partial charge in [-0.05, 0) is 24.3 Å². The van der Waals surface area contributed by atoms with Gasteiger partial charge in [-0.15, -0.1) is 0 Å². The zero-order chi connectivity index (χ0) is 17.1. The Kier molecular flexibility index (Phi) is 4.81. The molecule has 3 aromatic rings. The van der Waals surface area contributed by atoms with E-state index in [0.717, 1.165) is 11.0 Å². The molecule has 1 aromatic heterocycles. The van der Waals surface area contributed by atoms with Crippen LogP contribution in [0.15, 0.2) is 42.5 Å². The van der Waals surface area contributed by atoms with E-state index in [1.807, 2.05) is 28.8 Å². The Morgan fingerprint density at radius 3 is 2.79 bits per heavy atom. The van der Waals surface area contributed by atoms with Crippen molar-refractivity contribution in [3.05, 3.63) is 64.7 Å². The predicted octanol–water partition coefficient (Wildman–Crippen LogP) is 3.90. The van der Waals surface area contributed by atoms with Crippen LogP contribution in [0.25, 0.3) is 11.0 Å². The molecular formula is C18H17ClFN3O. The first-order valence-corrected chi connectivity index (χ1v) is 8.11. The summed E-state index contributed by atoms with van der Waals surface area (Å²) in [5.41, 5.74) is 2.08. The Hall–Kier alpha value is -2.40. The van der Waals surface area contributed by atoms with E-state index in [2.05, 4.69) is 10.3 Å². The average Bonchev–Trinajstić information content (AvgIpc) is 2.93. The van der Waals surface area contributed by atoms with Crippen LogP contribution in [0.5, 0.6) is 0 Å². The molecule has 0 bridgehead atoms. The van der Waals surface area contributed by atoms with Crippen LogP contribution >= 0.6 is 11.6 Å². The number of aromatic nitrogens is 2. The molecule has 0 spiro atoms. The third-order valence-electron chi connectivity index (χ3n) is 3.88. The summed E-state index contributed by atoms with van der Waals surface area (Å²) in [5.74, 6) is 0.249. The fourth-order valence-corrected chi connectivity index (χ4v) is 2.80. The van der Waals surface area contributed by atoms with Crippen LogP contribution in [-0.4, -0.2) is 15.5 Å². The van der Waals surface area contributed by atoms with E-state index in [4.69, 9.17) is 11.6 Å². The summed E-state index contributed by atoms with van der Waals surface area (Å²) in [4.78, 5) is 16.1. The standard InChI is InChI=1S/C18H17ClFN3O/c1-2-18(24)21-10-17-22-15-8-3-4-9-16(15)23(17)11-12-13(19)6-5-7-14(12)20/h3-9H,2,10-11H2,1H3,(H,21,24). The molecular weight excluding hydrogens is 329 g/mol. The molecule has 124 valence electrons. The molecule has 0 unspecified atom stereocenters. The highest BCUT2D eigenvalue weighted by atomic mass is 35.5. The Bertz CT molecular complexity index is 871. The highest BCUT2D eigenvalue weighted by Gasteiger charge is 2.15. The largest absolute Gasteiger partial charge is 0.349 e. The number of benzene rings is 2. The normalized spacial score (nSPS) is 11.0. The number of fused-ring (bicyclic) bond motifs is 1. The molecule has 0 radical (unpaired) electrons. The molecule has 0 aliphatic rings.